The van der Waals surface area contributed by atoms with Crippen LogP contribution in [0, 0.1) is 0 Å². The Kier molecular flexibility index (Phi) is 3.07. The van der Waals surface area contributed by atoms with Crippen LogP contribution >= 0.6 is 0 Å². The summed E-state index contributed by atoms with van der Waals surface area (Å²) in [5.74, 6) is 0.873. The van der Waals surface area contributed by atoms with Crippen molar-refractivity contribution in [1.82, 2.24) is 0 Å². The van der Waals surface area contributed by atoms with Crippen LogP contribution in [0.4, 0.5) is 0 Å². The summed E-state index contributed by atoms with van der Waals surface area (Å²) in [5.41, 5.74) is 0.905. The predicted octanol–water partition coefficient (Wildman–Crippen LogP) is 3.12. The minimum absolute atomic E-state index is 0.128. The molecule has 0 heterocycles. The minimum Gasteiger partial charge on any atom is -0.496 e. The maximum atomic E-state index is 9.50. The Hall–Kier alpha value is -1.54. The zero-order valence-electron chi connectivity index (χ0n) is 10.5. The van der Waals surface area contributed by atoms with Crippen molar-refractivity contribution in [3.8, 4) is 5.75 Å². The number of aliphatic hydroxyl groups is 1. The van der Waals surface area contributed by atoms with E-state index in [-0.39, 0.29) is 12.0 Å². The second kappa shape index (κ2) is 4.38. The fourth-order valence-electron chi connectivity index (χ4n) is 2.13. The average Bonchev–Trinajstić information content (AvgIpc) is 2.37. The van der Waals surface area contributed by atoms with Crippen molar-refractivity contribution < 1.29 is 9.84 Å². The number of rotatable bonds is 3. The van der Waals surface area contributed by atoms with Crippen LogP contribution in [0.5, 0.6) is 5.75 Å². The van der Waals surface area contributed by atoms with Gasteiger partial charge in [-0.1, -0.05) is 44.2 Å². The van der Waals surface area contributed by atoms with Crippen molar-refractivity contribution in [3.63, 3.8) is 0 Å². The van der Waals surface area contributed by atoms with Crippen molar-refractivity contribution in [2.24, 2.45) is 0 Å². The van der Waals surface area contributed by atoms with Gasteiger partial charge in [0.25, 0.3) is 0 Å². The number of ether oxygens (including phenoxy) is 1. The molecular formula is C15H18O2. The predicted molar refractivity (Wildman–Crippen MR) is 70.6 cm³/mol. The molecule has 2 heteroatoms. The minimum atomic E-state index is -0.244. The fraction of sp³-hybridized carbons (Fsp3) is 0.333. The van der Waals surface area contributed by atoms with Crippen molar-refractivity contribution in [2.75, 3.05) is 13.7 Å². The largest absolute Gasteiger partial charge is 0.496 e. The Morgan fingerprint density at radius 1 is 1.06 bits per heavy atom. The highest BCUT2D eigenvalue weighted by atomic mass is 16.5. The van der Waals surface area contributed by atoms with Crippen LogP contribution in [-0.4, -0.2) is 18.8 Å². The summed E-state index contributed by atoms with van der Waals surface area (Å²) in [7, 11) is 1.68. The smallest absolute Gasteiger partial charge is 0.126 e. The molecule has 2 aromatic carbocycles. The van der Waals surface area contributed by atoms with Crippen molar-refractivity contribution in [1.29, 1.82) is 0 Å². The van der Waals surface area contributed by atoms with Gasteiger partial charge in [0.15, 0.2) is 0 Å². The maximum absolute atomic E-state index is 9.50. The standard InChI is InChI=1S/C15H18O2/c1-15(2,10-16)13-8-4-7-12-11(13)6-5-9-14(12)17-3/h4-9,16H,10H2,1-3H3. The molecule has 0 bridgehead atoms. The molecule has 0 saturated carbocycles. The molecule has 0 spiro atoms. The molecule has 2 nitrogen and oxygen atoms in total. The number of aliphatic hydroxyl groups excluding tert-OH is 1. The van der Waals surface area contributed by atoms with Gasteiger partial charge in [-0.05, 0) is 17.0 Å². The Bertz CT molecular complexity index is 529. The third kappa shape index (κ3) is 2.01. The van der Waals surface area contributed by atoms with Crippen LogP contribution in [-0.2, 0) is 5.41 Å². The molecule has 2 rings (SSSR count). The second-order valence-electron chi connectivity index (χ2n) is 4.90. The number of hydrogen-bond donors (Lipinski definition) is 1. The molecule has 0 aromatic heterocycles. The van der Waals surface area contributed by atoms with Gasteiger partial charge >= 0.3 is 0 Å². The third-order valence-corrected chi connectivity index (χ3v) is 3.23. The van der Waals surface area contributed by atoms with Gasteiger partial charge in [-0.3, -0.25) is 0 Å². The summed E-state index contributed by atoms with van der Waals surface area (Å²) in [5, 5.41) is 11.7. The monoisotopic (exact) mass is 230 g/mol. The Morgan fingerprint density at radius 2 is 1.71 bits per heavy atom. The Balaban J connectivity index is 2.75. The van der Waals surface area contributed by atoms with Crippen LogP contribution in [0.2, 0.25) is 0 Å². The van der Waals surface area contributed by atoms with Gasteiger partial charge in [-0.25, -0.2) is 0 Å². The molecule has 0 aliphatic heterocycles. The quantitative estimate of drug-likeness (QED) is 0.877. The van der Waals surface area contributed by atoms with Gasteiger partial charge in [0.2, 0.25) is 0 Å². The molecule has 0 amide bonds. The summed E-state index contributed by atoms with van der Waals surface area (Å²) in [6, 6.07) is 12.1. The number of methoxy groups -OCH3 is 1. The van der Waals surface area contributed by atoms with Gasteiger partial charge in [0.1, 0.15) is 5.75 Å². The van der Waals surface area contributed by atoms with E-state index in [2.05, 4.69) is 12.1 Å². The van der Waals surface area contributed by atoms with Crippen molar-refractivity contribution >= 4 is 10.8 Å². The molecular weight excluding hydrogens is 212 g/mol. The van der Waals surface area contributed by atoms with E-state index in [1.54, 1.807) is 7.11 Å². The van der Waals surface area contributed by atoms with E-state index in [1.165, 1.54) is 0 Å². The number of benzene rings is 2. The first kappa shape index (κ1) is 11.9. The SMILES string of the molecule is COc1cccc2c(C(C)(C)CO)cccc12. The van der Waals surface area contributed by atoms with Gasteiger partial charge in [-0.15, -0.1) is 0 Å². The molecule has 0 fully saturated rings. The molecule has 2 aromatic rings. The lowest BCUT2D eigenvalue weighted by Crippen LogP contribution is -2.22. The van der Waals surface area contributed by atoms with Crippen LogP contribution in [0.15, 0.2) is 36.4 Å². The highest BCUT2D eigenvalue weighted by molar-refractivity contribution is 5.91. The zero-order valence-corrected chi connectivity index (χ0v) is 10.5. The topological polar surface area (TPSA) is 29.5 Å². The van der Waals surface area contributed by atoms with Crippen LogP contribution in [0.25, 0.3) is 10.8 Å². The second-order valence-corrected chi connectivity index (χ2v) is 4.90. The summed E-state index contributed by atoms with van der Waals surface area (Å²) >= 11 is 0. The normalized spacial score (nSPS) is 11.8. The fourth-order valence-corrected chi connectivity index (χ4v) is 2.13. The van der Waals surface area contributed by atoms with E-state index >= 15 is 0 Å². The van der Waals surface area contributed by atoms with E-state index < -0.39 is 0 Å². The van der Waals surface area contributed by atoms with E-state index in [0.29, 0.717) is 0 Å². The molecule has 17 heavy (non-hydrogen) atoms. The van der Waals surface area contributed by atoms with E-state index in [0.717, 1.165) is 22.1 Å². The van der Waals surface area contributed by atoms with Gasteiger partial charge in [0.05, 0.1) is 13.7 Å². The molecule has 0 atom stereocenters. The lowest BCUT2D eigenvalue weighted by Gasteiger charge is -2.24. The molecule has 0 aliphatic carbocycles. The molecule has 0 radical (unpaired) electrons. The van der Waals surface area contributed by atoms with Crippen LogP contribution in [0.1, 0.15) is 19.4 Å². The van der Waals surface area contributed by atoms with Gasteiger partial charge < -0.3 is 9.84 Å². The van der Waals surface area contributed by atoms with Crippen LogP contribution in [0.3, 0.4) is 0 Å². The van der Waals surface area contributed by atoms with E-state index in [9.17, 15) is 5.11 Å². The molecule has 0 aliphatic rings. The lowest BCUT2D eigenvalue weighted by molar-refractivity contribution is 0.219. The molecule has 0 unspecified atom stereocenters. The number of fused-ring (bicyclic) bond motifs is 1. The highest BCUT2D eigenvalue weighted by Crippen LogP contribution is 2.33. The summed E-state index contributed by atoms with van der Waals surface area (Å²) < 4.78 is 5.37. The lowest BCUT2D eigenvalue weighted by atomic mass is 9.82. The van der Waals surface area contributed by atoms with Crippen molar-refractivity contribution in [3.05, 3.63) is 42.0 Å². The summed E-state index contributed by atoms with van der Waals surface area (Å²) in [4.78, 5) is 0. The van der Waals surface area contributed by atoms with Gasteiger partial charge in [0, 0.05) is 10.8 Å². The first-order chi connectivity index (χ1) is 8.10. The van der Waals surface area contributed by atoms with Crippen LogP contribution < -0.4 is 4.74 Å². The Morgan fingerprint density at radius 3 is 2.35 bits per heavy atom. The first-order valence-corrected chi connectivity index (χ1v) is 5.77. The Labute approximate surface area is 102 Å². The molecule has 1 N–H and O–H groups in total. The summed E-state index contributed by atoms with van der Waals surface area (Å²) in [6.07, 6.45) is 0. The summed E-state index contributed by atoms with van der Waals surface area (Å²) in [6.45, 7) is 4.21. The zero-order chi connectivity index (χ0) is 12.5. The van der Waals surface area contributed by atoms with Gasteiger partial charge in [-0.2, -0.15) is 0 Å². The highest BCUT2D eigenvalue weighted by Gasteiger charge is 2.22. The maximum Gasteiger partial charge on any atom is 0.126 e. The van der Waals surface area contributed by atoms with Crippen molar-refractivity contribution in [2.45, 2.75) is 19.3 Å². The first-order valence-electron chi connectivity index (χ1n) is 5.77. The van der Waals surface area contributed by atoms with E-state index in [1.807, 2.05) is 38.1 Å². The molecule has 90 valence electrons. The van der Waals surface area contributed by atoms with E-state index in [4.69, 9.17) is 4.74 Å². The average molecular weight is 230 g/mol. The third-order valence-electron chi connectivity index (χ3n) is 3.23. The molecule has 0 saturated heterocycles. The number of hydrogen-bond acceptors (Lipinski definition) is 2.